The second-order valence-electron chi connectivity index (χ2n) is 6.74. The van der Waals surface area contributed by atoms with Gasteiger partial charge in [0.2, 0.25) is 5.91 Å². The number of rotatable bonds is 3. The van der Waals surface area contributed by atoms with Gasteiger partial charge in [-0.2, -0.15) is 5.26 Å². The molecule has 0 saturated heterocycles. The maximum absolute atomic E-state index is 12.8. The van der Waals surface area contributed by atoms with Crippen molar-refractivity contribution in [2.24, 2.45) is 5.92 Å². The summed E-state index contributed by atoms with van der Waals surface area (Å²) < 4.78 is 0. The molecule has 2 atom stereocenters. The topological polar surface area (TPSA) is 71.9 Å². The molecule has 2 aromatic rings. The number of carbonyl (C=O) groups excluding carboxylic acids is 1. The smallest absolute Gasteiger partial charge is 0.230 e. The van der Waals surface area contributed by atoms with Crippen molar-refractivity contribution in [3.8, 4) is 6.07 Å². The standard InChI is InChI=1S/C20H22N4O/c1-3-24(4-2)20(25)14-7-15-17(23-11-14)8-13-10-22-16-6-5-12(9-21)18(15)19(13)16/h5-7,10,14,17,22-23H,3-4,8,11H2,1-2H3. The van der Waals surface area contributed by atoms with E-state index in [1.165, 1.54) is 5.56 Å². The van der Waals surface area contributed by atoms with Crippen LogP contribution >= 0.6 is 0 Å². The third-order valence-corrected chi connectivity index (χ3v) is 5.49. The molecule has 0 radical (unpaired) electrons. The molecule has 1 aromatic heterocycles. The Labute approximate surface area is 147 Å². The zero-order chi connectivity index (χ0) is 17.6. The molecule has 2 heterocycles. The number of hydrogen-bond acceptors (Lipinski definition) is 3. The van der Waals surface area contributed by atoms with Gasteiger partial charge in [-0.1, -0.05) is 6.08 Å². The number of hydrogen-bond donors (Lipinski definition) is 2. The van der Waals surface area contributed by atoms with E-state index in [-0.39, 0.29) is 17.9 Å². The Morgan fingerprint density at radius 1 is 1.36 bits per heavy atom. The van der Waals surface area contributed by atoms with Crippen molar-refractivity contribution in [1.82, 2.24) is 15.2 Å². The number of aromatic nitrogens is 1. The summed E-state index contributed by atoms with van der Waals surface area (Å²) in [4.78, 5) is 18.0. The summed E-state index contributed by atoms with van der Waals surface area (Å²) in [6.07, 6.45) is 5.04. The van der Waals surface area contributed by atoms with E-state index in [2.05, 4.69) is 22.4 Å². The van der Waals surface area contributed by atoms with Crippen LogP contribution < -0.4 is 5.32 Å². The lowest BCUT2D eigenvalue weighted by Gasteiger charge is -2.35. The fourth-order valence-corrected chi connectivity index (χ4v) is 4.21. The molecule has 4 rings (SSSR count). The lowest BCUT2D eigenvalue weighted by molar-refractivity contribution is -0.133. The van der Waals surface area contributed by atoms with Gasteiger partial charge in [0.25, 0.3) is 0 Å². The van der Waals surface area contributed by atoms with Gasteiger partial charge in [-0.3, -0.25) is 4.79 Å². The molecular formula is C20H22N4O. The minimum absolute atomic E-state index is 0.161. The normalized spacial score (nSPS) is 21.4. The minimum Gasteiger partial charge on any atom is -0.361 e. The van der Waals surface area contributed by atoms with Crippen LogP contribution in [0.25, 0.3) is 16.5 Å². The van der Waals surface area contributed by atoms with E-state index in [0.29, 0.717) is 12.1 Å². The second kappa shape index (κ2) is 6.05. The molecule has 1 aliphatic heterocycles. The highest BCUT2D eigenvalue weighted by atomic mass is 16.2. The Morgan fingerprint density at radius 2 is 2.16 bits per heavy atom. The van der Waals surface area contributed by atoms with E-state index < -0.39 is 0 Å². The first kappa shape index (κ1) is 15.9. The molecule has 25 heavy (non-hydrogen) atoms. The molecule has 5 nitrogen and oxygen atoms in total. The highest BCUT2D eigenvalue weighted by molar-refractivity contribution is 6.01. The van der Waals surface area contributed by atoms with E-state index in [9.17, 15) is 10.1 Å². The average molecular weight is 334 g/mol. The van der Waals surface area contributed by atoms with Crippen molar-refractivity contribution in [3.63, 3.8) is 0 Å². The third kappa shape index (κ3) is 2.37. The summed E-state index contributed by atoms with van der Waals surface area (Å²) in [7, 11) is 0. The first-order chi connectivity index (χ1) is 12.2. The van der Waals surface area contributed by atoms with Crippen LogP contribution in [0, 0.1) is 17.2 Å². The third-order valence-electron chi connectivity index (χ3n) is 5.49. The molecule has 0 fully saturated rings. The highest BCUT2D eigenvalue weighted by Crippen LogP contribution is 2.40. The van der Waals surface area contributed by atoms with Gasteiger partial charge in [-0.25, -0.2) is 0 Å². The van der Waals surface area contributed by atoms with Gasteiger partial charge in [0, 0.05) is 48.3 Å². The number of nitriles is 1. The number of amides is 1. The maximum Gasteiger partial charge on any atom is 0.230 e. The van der Waals surface area contributed by atoms with Crippen LogP contribution in [-0.4, -0.2) is 41.5 Å². The molecule has 0 bridgehead atoms. The molecule has 1 aliphatic carbocycles. The molecule has 1 amide bonds. The predicted molar refractivity (Wildman–Crippen MR) is 97.9 cm³/mol. The summed E-state index contributed by atoms with van der Waals surface area (Å²) in [5.74, 6) is -0.0116. The van der Waals surface area contributed by atoms with Gasteiger partial charge in [0.15, 0.2) is 0 Å². The molecule has 1 aromatic carbocycles. The Kier molecular flexibility index (Phi) is 3.85. The number of carbonyl (C=O) groups is 1. The van der Waals surface area contributed by atoms with Crippen LogP contribution in [0.2, 0.25) is 0 Å². The van der Waals surface area contributed by atoms with Crippen LogP contribution in [0.15, 0.2) is 24.4 Å². The molecule has 0 spiro atoms. The Balaban J connectivity index is 1.85. The molecular weight excluding hydrogens is 312 g/mol. The van der Waals surface area contributed by atoms with Crippen LogP contribution in [0.1, 0.15) is 30.5 Å². The van der Waals surface area contributed by atoms with Crippen molar-refractivity contribution in [1.29, 1.82) is 5.26 Å². The highest BCUT2D eigenvalue weighted by Gasteiger charge is 2.34. The molecule has 2 aliphatic rings. The summed E-state index contributed by atoms with van der Waals surface area (Å²) in [5.41, 5.74) is 5.08. The fraction of sp³-hybridized carbons (Fsp3) is 0.400. The Morgan fingerprint density at radius 3 is 2.88 bits per heavy atom. The maximum atomic E-state index is 12.8. The minimum atomic E-state index is -0.173. The first-order valence-electron chi connectivity index (χ1n) is 8.95. The van der Waals surface area contributed by atoms with Gasteiger partial charge in [-0.05, 0) is 43.5 Å². The van der Waals surface area contributed by atoms with Gasteiger partial charge in [-0.15, -0.1) is 0 Å². The second-order valence-corrected chi connectivity index (χ2v) is 6.74. The summed E-state index contributed by atoms with van der Waals surface area (Å²) in [6.45, 7) is 6.11. The SMILES string of the molecule is CCN(CC)C(=O)C1C=C2c3c(C#N)ccc4[nH]cc(c34)CC2NC1. The first-order valence-corrected chi connectivity index (χ1v) is 8.95. The van der Waals surface area contributed by atoms with Gasteiger partial charge in [0.1, 0.15) is 0 Å². The van der Waals surface area contributed by atoms with Crippen LogP contribution in [0.5, 0.6) is 0 Å². The zero-order valence-corrected chi connectivity index (χ0v) is 14.6. The van der Waals surface area contributed by atoms with Gasteiger partial charge < -0.3 is 15.2 Å². The van der Waals surface area contributed by atoms with Crippen LogP contribution in [-0.2, 0) is 11.2 Å². The fourth-order valence-electron chi connectivity index (χ4n) is 4.21. The zero-order valence-electron chi connectivity index (χ0n) is 14.6. The molecule has 128 valence electrons. The van der Waals surface area contributed by atoms with Crippen molar-refractivity contribution >= 4 is 22.4 Å². The lowest BCUT2D eigenvalue weighted by atomic mass is 9.79. The molecule has 2 N–H and O–H groups in total. The number of H-pyrrole nitrogens is 1. The average Bonchev–Trinajstić information content (AvgIpc) is 3.06. The van der Waals surface area contributed by atoms with Crippen molar-refractivity contribution in [2.45, 2.75) is 26.3 Å². The Bertz CT molecular complexity index is 914. The molecule has 0 saturated carbocycles. The van der Waals surface area contributed by atoms with E-state index in [1.807, 2.05) is 37.1 Å². The van der Waals surface area contributed by atoms with Crippen molar-refractivity contribution in [3.05, 3.63) is 41.1 Å². The van der Waals surface area contributed by atoms with Gasteiger partial charge >= 0.3 is 0 Å². The Hall–Kier alpha value is -2.58. The van der Waals surface area contributed by atoms with Crippen molar-refractivity contribution in [2.75, 3.05) is 19.6 Å². The number of benzene rings is 1. The molecule has 5 heteroatoms. The lowest BCUT2D eigenvalue weighted by Crippen LogP contribution is -2.46. The number of aromatic amines is 1. The van der Waals surface area contributed by atoms with Crippen LogP contribution in [0.3, 0.4) is 0 Å². The number of nitrogens with one attached hydrogen (secondary N) is 2. The van der Waals surface area contributed by atoms with Crippen molar-refractivity contribution < 1.29 is 4.79 Å². The summed E-state index contributed by atoms with van der Waals surface area (Å²) in [6, 6.07) is 6.34. The van der Waals surface area contributed by atoms with E-state index in [1.54, 1.807) is 0 Å². The monoisotopic (exact) mass is 334 g/mol. The van der Waals surface area contributed by atoms with E-state index in [4.69, 9.17) is 0 Å². The number of fused-ring (bicyclic) bond motifs is 2. The summed E-state index contributed by atoms with van der Waals surface area (Å²) in [5, 5.41) is 14.3. The quantitative estimate of drug-likeness (QED) is 0.905. The van der Waals surface area contributed by atoms with E-state index >= 15 is 0 Å². The molecule has 2 unspecified atom stereocenters. The largest absolute Gasteiger partial charge is 0.361 e. The number of nitrogens with zero attached hydrogens (tertiary/aromatic N) is 2. The predicted octanol–water partition coefficient (Wildman–Crippen LogP) is 2.44. The van der Waals surface area contributed by atoms with Gasteiger partial charge in [0.05, 0.1) is 17.6 Å². The van der Waals surface area contributed by atoms with Crippen LogP contribution in [0.4, 0.5) is 0 Å². The van der Waals surface area contributed by atoms with E-state index in [0.717, 1.165) is 41.5 Å². The summed E-state index contributed by atoms with van der Waals surface area (Å²) >= 11 is 0.